The minimum Gasteiger partial charge on any atom is -0.309 e. The molecule has 0 atom stereocenters. The van der Waals surface area contributed by atoms with E-state index in [1.54, 1.807) is 5.56 Å². The molecule has 5 aromatic carbocycles. The van der Waals surface area contributed by atoms with Crippen molar-refractivity contribution in [1.82, 2.24) is 4.57 Å². The van der Waals surface area contributed by atoms with Crippen LogP contribution in [0, 0.1) is 0 Å². The molecule has 0 saturated carbocycles. The Bertz CT molecular complexity index is 1880. The number of benzene rings is 5. The zero-order chi connectivity index (χ0) is 22.0. The van der Waals surface area contributed by atoms with Crippen LogP contribution >= 0.6 is 0 Å². The third-order valence-corrected chi connectivity index (χ3v) is 8.49. The molecule has 9 rings (SSSR count). The first kappa shape index (κ1) is 17.4. The predicted octanol–water partition coefficient (Wildman–Crippen LogP) is 7.83. The molecule has 1 aromatic heterocycles. The van der Waals surface area contributed by atoms with Gasteiger partial charge in [-0.05, 0) is 86.7 Å². The average molecular weight is 432 g/mol. The summed E-state index contributed by atoms with van der Waals surface area (Å²) in [7, 11) is 0. The number of fused-ring (bicyclic) bond motifs is 13. The van der Waals surface area contributed by atoms with E-state index in [4.69, 9.17) is 0 Å². The van der Waals surface area contributed by atoms with Crippen LogP contribution in [0.4, 0.5) is 0 Å². The van der Waals surface area contributed by atoms with Crippen LogP contribution in [0.25, 0.3) is 49.7 Å². The van der Waals surface area contributed by atoms with Gasteiger partial charge in [0.1, 0.15) is 0 Å². The van der Waals surface area contributed by atoms with Crippen molar-refractivity contribution in [2.45, 2.75) is 19.3 Å². The highest BCUT2D eigenvalue weighted by Gasteiger charge is 2.33. The van der Waals surface area contributed by atoms with Crippen LogP contribution in [0.3, 0.4) is 0 Å². The Kier molecular flexibility index (Phi) is 3.00. The lowest BCUT2D eigenvalue weighted by Crippen LogP contribution is -2.09. The van der Waals surface area contributed by atoms with Gasteiger partial charge in [-0.3, -0.25) is 0 Å². The van der Waals surface area contributed by atoms with E-state index in [0.29, 0.717) is 0 Å². The standard InChI is InChI=1S/C33H21N/c1-3-9-22-19(7-1)15-21-13-14-23-25-18-29-24-10-4-6-12-31(24)34-30-11-5-2-8-20(30)16-28(33(29)34)26(25)17-27(23)32(21)22/h1-14,18H,15-17H2. The predicted molar refractivity (Wildman–Crippen MR) is 140 cm³/mol. The van der Waals surface area contributed by atoms with Crippen LogP contribution < -0.4 is 0 Å². The molecular weight excluding hydrogens is 410 g/mol. The van der Waals surface area contributed by atoms with Crippen LogP contribution in [0.2, 0.25) is 0 Å². The smallest absolute Gasteiger partial charge is 0.0579 e. The zero-order valence-corrected chi connectivity index (χ0v) is 18.7. The molecule has 0 bridgehead atoms. The fourth-order valence-electron chi connectivity index (χ4n) is 7.11. The summed E-state index contributed by atoms with van der Waals surface area (Å²) in [6.45, 7) is 0. The Balaban J connectivity index is 1.41. The lowest BCUT2D eigenvalue weighted by Gasteiger charge is -2.23. The molecule has 1 aliphatic heterocycles. The summed E-state index contributed by atoms with van der Waals surface area (Å²) in [4.78, 5) is 0. The molecule has 0 unspecified atom stereocenters. The maximum absolute atomic E-state index is 2.53. The topological polar surface area (TPSA) is 4.93 Å². The molecule has 0 radical (unpaired) electrons. The fourth-order valence-corrected chi connectivity index (χ4v) is 7.11. The number of nitrogens with zero attached hydrogens (tertiary/aromatic N) is 1. The molecule has 2 heterocycles. The van der Waals surface area contributed by atoms with Crippen LogP contribution in [-0.4, -0.2) is 4.57 Å². The van der Waals surface area contributed by atoms with Crippen LogP contribution in [-0.2, 0) is 19.3 Å². The average Bonchev–Trinajstić information content (AvgIpc) is 3.55. The molecule has 0 spiro atoms. The molecule has 0 amide bonds. The van der Waals surface area contributed by atoms with Crippen molar-refractivity contribution >= 4 is 21.8 Å². The van der Waals surface area contributed by atoms with Gasteiger partial charge in [-0.1, -0.05) is 72.8 Å². The molecule has 3 aliphatic rings. The normalized spacial score (nSPS) is 14.1. The summed E-state index contributed by atoms with van der Waals surface area (Å²) in [6.07, 6.45) is 3.11. The van der Waals surface area contributed by atoms with Crippen LogP contribution in [0.15, 0.2) is 91.0 Å². The summed E-state index contributed by atoms with van der Waals surface area (Å²) < 4.78 is 2.53. The summed E-state index contributed by atoms with van der Waals surface area (Å²) in [5.74, 6) is 0. The second-order valence-corrected chi connectivity index (χ2v) is 10.1. The van der Waals surface area contributed by atoms with E-state index < -0.39 is 0 Å². The van der Waals surface area contributed by atoms with Crippen molar-refractivity contribution in [3.8, 4) is 27.9 Å². The molecule has 0 N–H and O–H groups in total. The molecule has 158 valence electrons. The van der Waals surface area contributed by atoms with Crippen LogP contribution in [0.5, 0.6) is 0 Å². The number of hydrogen-bond acceptors (Lipinski definition) is 0. The van der Waals surface area contributed by atoms with E-state index in [1.165, 1.54) is 77.6 Å². The zero-order valence-electron chi connectivity index (χ0n) is 18.7. The van der Waals surface area contributed by atoms with Gasteiger partial charge in [-0.2, -0.15) is 0 Å². The molecule has 0 saturated heterocycles. The Morgan fingerprint density at radius 3 is 2.29 bits per heavy atom. The van der Waals surface area contributed by atoms with E-state index in [9.17, 15) is 0 Å². The van der Waals surface area contributed by atoms with Crippen molar-refractivity contribution in [2.24, 2.45) is 0 Å². The second kappa shape index (κ2) is 5.87. The molecular formula is C33H21N. The summed E-state index contributed by atoms with van der Waals surface area (Å²) in [5, 5.41) is 2.76. The third kappa shape index (κ3) is 1.94. The molecule has 1 nitrogen and oxygen atoms in total. The molecule has 0 fully saturated rings. The summed E-state index contributed by atoms with van der Waals surface area (Å²) in [5.41, 5.74) is 18.9. The van der Waals surface area contributed by atoms with Crippen LogP contribution in [0.1, 0.15) is 33.4 Å². The van der Waals surface area contributed by atoms with Gasteiger partial charge in [0.05, 0.1) is 11.0 Å². The first-order chi connectivity index (χ1) is 16.9. The lowest BCUT2D eigenvalue weighted by molar-refractivity contribution is 1.02. The first-order valence-electron chi connectivity index (χ1n) is 12.3. The van der Waals surface area contributed by atoms with Gasteiger partial charge < -0.3 is 4.57 Å². The largest absolute Gasteiger partial charge is 0.309 e. The minimum absolute atomic E-state index is 1.01. The summed E-state index contributed by atoms with van der Waals surface area (Å²) in [6, 6.07) is 34.2. The first-order valence-corrected chi connectivity index (χ1v) is 12.3. The van der Waals surface area contributed by atoms with Crippen molar-refractivity contribution in [2.75, 3.05) is 0 Å². The van der Waals surface area contributed by atoms with Gasteiger partial charge in [0.15, 0.2) is 0 Å². The highest BCUT2D eigenvalue weighted by molar-refractivity contribution is 6.13. The Hall–Kier alpha value is -4.10. The third-order valence-electron chi connectivity index (χ3n) is 8.49. The second-order valence-electron chi connectivity index (χ2n) is 10.1. The number of hydrogen-bond donors (Lipinski definition) is 0. The van der Waals surface area contributed by atoms with E-state index in [2.05, 4.69) is 95.6 Å². The van der Waals surface area contributed by atoms with Gasteiger partial charge in [-0.15, -0.1) is 0 Å². The Morgan fingerprint density at radius 1 is 0.500 bits per heavy atom. The van der Waals surface area contributed by atoms with Crippen molar-refractivity contribution in [3.05, 3.63) is 124 Å². The minimum atomic E-state index is 1.01. The molecule has 6 aromatic rings. The van der Waals surface area contributed by atoms with E-state index >= 15 is 0 Å². The number of para-hydroxylation sites is 2. The maximum atomic E-state index is 2.53. The van der Waals surface area contributed by atoms with E-state index in [1.807, 2.05) is 0 Å². The van der Waals surface area contributed by atoms with Gasteiger partial charge in [0, 0.05) is 22.9 Å². The number of rotatable bonds is 0. The van der Waals surface area contributed by atoms with Crippen molar-refractivity contribution < 1.29 is 0 Å². The quantitative estimate of drug-likeness (QED) is 0.231. The van der Waals surface area contributed by atoms with Crippen molar-refractivity contribution in [3.63, 3.8) is 0 Å². The Labute approximate surface area is 197 Å². The monoisotopic (exact) mass is 431 g/mol. The fraction of sp³-hybridized carbons (Fsp3) is 0.0909. The van der Waals surface area contributed by atoms with E-state index in [-0.39, 0.29) is 0 Å². The maximum Gasteiger partial charge on any atom is 0.0579 e. The van der Waals surface area contributed by atoms with Gasteiger partial charge in [-0.25, -0.2) is 0 Å². The highest BCUT2D eigenvalue weighted by atomic mass is 15.0. The molecule has 2 aliphatic carbocycles. The van der Waals surface area contributed by atoms with Gasteiger partial charge in [0.2, 0.25) is 0 Å². The summed E-state index contributed by atoms with van der Waals surface area (Å²) >= 11 is 0. The molecule has 1 heteroatoms. The van der Waals surface area contributed by atoms with E-state index in [0.717, 1.165) is 19.3 Å². The number of aromatic nitrogens is 1. The highest BCUT2D eigenvalue weighted by Crippen LogP contribution is 2.51. The Morgan fingerprint density at radius 2 is 1.32 bits per heavy atom. The van der Waals surface area contributed by atoms with Crippen molar-refractivity contribution in [1.29, 1.82) is 0 Å². The SMILES string of the molecule is c1ccc2c(c1)Cc1ccc3c(c1-2)Cc1c-3cc2c3ccccc3n3c2c1Cc1ccccc1-3. The lowest BCUT2D eigenvalue weighted by atomic mass is 9.90. The van der Waals surface area contributed by atoms with Gasteiger partial charge in [0.25, 0.3) is 0 Å². The molecule has 34 heavy (non-hydrogen) atoms. The van der Waals surface area contributed by atoms with Gasteiger partial charge >= 0.3 is 0 Å².